The Bertz CT molecular complexity index is 1000. The van der Waals surface area contributed by atoms with Crippen LogP contribution >= 0.6 is 0 Å². The van der Waals surface area contributed by atoms with E-state index in [2.05, 4.69) is 5.01 Å². The molecule has 3 aliphatic rings. The minimum Gasteiger partial charge on any atom is -0.274 e. The van der Waals surface area contributed by atoms with Crippen LogP contribution in [0, 0.1) is 18.8 Å². The fourth-order valence-electron chi connectivity index (χ4n) is 4.77. The Morgan fingerprint density at radius 3 is 2.29 bits per heavy atom. The van der Waals surface area contributed by atoms with Crippen LogP contribution in [-0.4, -0.2) is 34.6 Å². The number of imide groups is 1. The molecule has 142 valence electrons. The lowest BCUT2D eigenvalue weighted by atomic mass is 9.80. The first kappa shape index (κ1) is 17.1. The van der Waals surface area contributed by atoms with E-state index >= 15 is 0 Å². The summed E-state index contributed by atoms with van der Waals surface area (Å²) in [5.74, 6) is -1.05. The van der Waals surface area contributed by atoms with Crippen LogP contribution in [0.15, 0.2) is 59.7 Å². The van der Waals surface area contributed by atoms with Gasteiger partial charge in [-0.2, -0.15) is 15.2 Å². The predicted molar refractivity (Wildman–Crippen MR) is 108 cm³/mol. The van der Waals surface area contributed by atoms with E-state index in [1.54, 1.807) is 0 Å². The first-order valence-corrected chi connectivity index (χ1v) is 9.56. The molecule has 0 spiro atoms. The number of hydrazone groups is 1. The van der Waals surface area contributed by atoms with Crippen molar-refractivity contribution < 1.29 is 9.59 Å². The maximum atomic E-state index is 13.4. The topological polar surface area (TPSA) is 56.2 Å². The minimum atomic E-state index is -0.605. The van der Waals surface area contributed by atoms with E-state index in [0.29, 0.717) is 12.2 Å². The maximum Gasteiger partial charge on any atom is 0.240 e. The number of fused-ring (bicyclic) bond motifs is 3. The first-order valence-electron chi connectivity index (χ1n) is 9.56. The van der Waals surface area contributed by atoms with Crippen molar-refractivity contribution in [1.82, 2.24) is 5.01 Å². The molecule has 0 aromatic heterocycles. The number of aryl methyl sites for hydroxylation is 1. The van der Waals surface area contributed by atoms with E-state index in [1.807, 2.05) is 80.5 Å². The van der Waals surface area contributed by atoms with E-state index in [-0.39, 0.29) is 17.7 Å². The molecule has 0 radical (unpaired) electrons. The number of benzene rings is 2. The lowest BCUT2D eigenvalue weighted by Gasteiger charge is -2.35. The molecule has 2 aromatic rings. The molecule has 5 rings (SSSR count). The number of nitrogens with zero attached hydrogens (tertiary/aromatic N) is 4. The van der Waals surface area contributed by atoms with E-state index in [4.69, 9.17) is 5.10 Å². The second kappa shape index (κ2) is 5.75. The Kier molecular flexibility index (Phi) is 3.52. The van der Waals surface area contributed by atoms with Crippen molar-refractivity contribution in [3.8, 4) is 0 Å². The van der Waals surface area contributed by atoms with Crippen LogP contribution < -0.4 is 10.0 Å². The minimum absolute atomic E-state index is 0.117. The Morgan fingerprint density at radius 1 is 0.929 bits per heavy atom. The standard InChI is InChI=1S/C22H22N4O2/c1-14-9-11-17(12-10-14)26-23-15(2)22(3)19-18(13-24(22)26)20(27)25(21(19)28)16-7-5-4-6-8-16/h4-12,18-19H,13H2,1-3H3/t18-,19+,22+/m1/s1. The summed E-state index contributed by atoms with van der Waals surface area (Å²) < 4.78 is 0. The van der Waals surface area contributed by atoms with Gasteiger partial charge in [0.2, 0.25) is 11.8 Å². The van der Waals surface area contributed by atoms with E-state index < -0.39 is 11.5 Å². The molecule has 6 heteroatoms. The van der Waals surface area contributed by atoms with Crippen molar-refractivity contribution in [1.29, 1.82) is 0 Å². The second-order valence-electron chi connectivity index (χ2n) is 7.97. The van der Waals surface area contributed by atoms with Crippen molar-refractivity contribution in [2.24, 2.45) is 16.9 Å². The van der Waals surface area contributed by atoms with Crippen LogP contribution in [0.1, 0.15) is 19.4 Å². The first-order chi connectivity index (χ1) is 13.4. The van der Waals surface area contributed by atoms with Crippen LogP contribution in [0.3, 0.4) is 0 Å². The van der Waals surface area contributed by atoms with Crippen LogP contribution in [0.2, 0.25) is 0 Å². The molecule has 2 aromatic carbocycles. The lowest BCUT2D eigenvalue weighted by Crippen LogP contribution is -2.54. The number of amides is 2. The SMILES string of the molecule is CC1=NN(c2ccc(C)cc2)N2C[C@H]3C(=O)N(c4ccccc4)C(=O)[C@H]3[C@]12C. The molecular formula is C22H22N4O2. The van der Waals surface area contributed by atoms with Gasteiger partial charge >= 0.3 is 0 Å². The maximum absolute atomic E-state index is 13.4. The average Bonchev–Trinajstić information content (AvgIpc) is 3.23. The van der Waals surface area contributed by atoms with Crippen molar-refractivity contribution in [3.05, 3.63) is 60.2 Å². The highest BCUT2D eigenvalue weighted by Crippen LogP contribution is 2.50. The summed E-state index contributed by atoms with van der Waals surface area (Å²) in [4.78, 5) is 27.9. The second-order valence-corrected chi connectivity index (χ2v) is 7.97. The molecular weight excluding hydrogens is 352 g/mol. The van der Waals surface area contributed by atoms with Crippen molar-refractivity contribution in [2.45, 2.75) is 26.3 Å². The van der Waals surface area contributed by atoms with Gasteiger partial charge in [-0.05, 0) is 45.0 Å². The zero-order chi connectivity index (χ0) is 19.6. The molecule has 3 heterocycles. The van der Waals surface area contributed by atoms with Crippen LogP contribution in [0.5, 0.6) is 0 Å². The monoisotopic (exact) mass is 374 g/mol. The van der Waals surface area contributed by atoms with Gasteiger partial charge in [0.15, 0.2) is 0 Å². The molecule has 2 amide bonds. The Balaban J connectivity index is 1.53. The zero-order valence-electron chi connectivity index (χ0n) is 16.2. The lowest BCUT2D eigenvalue weighted by molar-refractivity contribution is -0.123. The Morgan fingerprint density at radius 2 is 1.61 bits per heavy atom. The number of hydrogen-bond donors (Lipinski definition) is 0. The largest absolute Gasteiger partial charge is 0.274 e. The summed E-state index contributed by atoms with van der Waals surface area (Å²) in [6, 6.07) is 17.3. The van der Waals surface area contributed by atoms with Crippen molar-refractivity contribution in [3.63, 3.8) is 0 Å². The van der Waals surface area contributed by atoms with Crippen molar-refractivity contribution in [2.75, 3.05) is 16.6 Å². The van der Waals surface area contributed by atoms with Gasteiger partial charge < -0.3 is 0 Å². The number of rotatable bonds is 2. The van der Waals surface area contributed by atoms with Gasteiger partial charge in [0.1, 0.15) is 0 Å². The van der Waals surface area contributed by atoms with Gasteiger partial charge in [-0.3, -0.25) is 9.59 Å². The summed E-state index contributed by atoms with van der Waals surface area (Å²) in [7, 11) is 0. The molecule has 0 unspecified atom stereocenters. The van der Waals surface area contributed by atoms with Gasteiger partial charge in [-0.25, -0.2) is 4.90 Å². The van der Waals surface area contributed by atoms with Gasteiger partial charge in [0.05, 0.1) is 34.5 Å². The highest BCUT2D eigenvalue weighted by atomic mass is 16.2. The highest BCUT2D eigenvalue weighted by molar-refractivity contribution is 6.24. The van der Waals surface area contributed by atoms with E-state index in [1.165, 1.54) is 10.5 Å². The molecule has 28 heavy (non-hydrogen) atoms. The Labute approximate surface area is 164 Å². The third-order valence-electron chi connectivity index (χ3n) is 6.42. The third-order valence-corrected chi connectivity index (χ3v) is 6.42. The van der Waals surface area contributed by atoms with E-state index in [0.717, 1.165) is 11.4 Å². The predicted octanol–water partition coefficient (Wildman–Crippen LogP) is 2.99. The Hall–Kier alpha value is -2.99. The number of para-hydroxylation sites is 1. The summed E-state index contributed by atoms with van der Waals surface area (Å²) in [6.45, 7) is 6.50. The molecule has 2 saturated heterocycles. The average molecular weight is 374 g/mol. The number of carbonyl (C=O) groups excluding carboxylic acids is 2. The molecule has 0 aliphatic carbocycles. The molecule has 0 saturated carbocycles. The molecule has 3 atom stereocenters. The fourth-order valence-corrected chi connectivity index (χ4v) is 4.77. The van der Waals surface area contributed by atoms with E-state index in [9.17, 15) is 9.59 Å². The molecule has 2 fully saturated rings. The molecule has 3 aliphatic heterocycles. The van der Waals surface area contributed by atoms with Gasteiger partial charge in [-0.1, -0.05) is 35.9 Å². The normalized spacial score (nSPS) is 29.3. The molecule has 6 nitrogen and oxygen atoms in total. The molecule has 0 bridgehead atoms. The van der Waals surface area contributed by atoms with Gasteiger partial charge in [0, 0.05) is 6.54 Å². The highest BCUT2D eigenvalue weighted by Gasteiger charge is 2.67. The number of carbonyl (C=O) groups is 2. The number of hydrazine groups is 1. The van der Waals surface area contributed by atoms with Gasteiger partial charge in [0.25, 0.3) is 0 Å². The van der Waals surface area contributed by atoms with Crippen LogP contribution in [-0.2, 0) is 9.59 Å². The summed E-state index contributed by atoms with van der Waals surface area (Å²) >= 11 is 0. The number of hydrogen-bond acceptors (Lipinski definition) is 5. The van der Waals surface area contributed by atoms with Crippen LogP contribution in [0.25, 0.3) is 0 Å². The summed E-state index contributed by atoms with van der Waals surface area (Å²) in [5.41, 5.74) is 3.01. The van der Waals surface area contributed by atoms with Crippen molar-refractivity contribution >= 4 is 28.9 Å². The number of anilines is 2. The zero-order valence-corrected chi connectivity index (χ0v) is 16.2. The summed E-state index contributed by atoms with van der Waals surface area (Å²) in [5, 5.41) is 8.70. The third kappa shape index (κ3) is 2.09. The quantitative estimate of drug-likeness (QED) is 0.759. The van der Waals surface area contributed by atoms with Gasteiger partial charge in [-0.15, -0.1) is 0 Å². The molecule has 0 N–H and O–H groups in total. The fraction of sp³-hybridized carbons (Fsp3) is 0.318. The van der Waals surface area contributed by atoms with Crippen LogP contribution in [0.4, 0.5) is 11.4 Å². The summed E-state index contributed by atoms with van der Waals surface area (Å²) in [6.07, 6.45) is 0. The smallest absolute Gasteiger partial charge is 0.240 e.